The first-order chi connectivity index (χ1) is 7.31. The minimum absolute atomic E-state index is 0.225. The van der Waals surface area contributed by atoms with Gasteiger partial charge in [0.2, 0.25) is 0 Å². The van der Waals surface area contributed by atoms with Gasteiger partial charge in [0.25, 0.3) is 5.91 Å². The van der Waals surface area contributed by atoms with E-state index in [2.05, 4.69) is 15.3 Å². The SMILES string of the molecule is NCCNC(=O)c1nc2ccccc2[nH]1. The zero-order valence-corrected chi connectivity index (χ0v) is 8.16. The smallest absolute Gasteiger partial charge is 0.287 e. The molecular formula is C10H12N4O. The van der Waals surface area contributed by atoms with Crippen LogP contribution in [0.4, 0.5) is 0 Å². The van der Waals surface area contributed by atoms with Gasteiger partial charge >= 0.3 is 0 Å². The lowest BCUT2D eigenvalue weighted by atomic mass is 10.3. The quantitative estimate of drug-likeness (QED) is 0.670. The molecule has 0 spiro atoms. The van der Waals surface area contributed by atoms with E-state index in [9.17, 15) is 4.79 Å². The number of nitrogens with zero attached hydrogens (tertiary/aromatic N) is 1. The van der Waals surface area contributed by atoms with Crippen molar-refractivity contribution in [3.63, 3.8) is 0 Å². The molecule has 0 saturated carbocycles. The Balaban J connectivity index is 2.25. The Morgan fingerprint density at radius 1 is 1.47 bits per heavy atom. The summed E-state index contributed by atoms with van der Waals surface area (Å²) in [6.07, 6.45) is 0. The van der Waals surface area contributed by atoms with Gasteiger partial charge in [-0.2, -0.15) is 0 Å². The largest absolute Gasteiger partial charge is 0.348 e. The second-order valence-corrected chi connectivity index (χ2v) is 3.15. The minimum Gasteiger partial charge on any atom is -0.348 e. The monoisotopic (exact) mass is 204 g/mol. The lowest BCUT2D eigenvalue weighted by Crippen LogP contribution is -2.29. The zero-order chi connectivity index (χ0) is 10.7. The summed E-state index contributed by atoms with van der Waals surface area (Å²) < 4.78 is 0. The highest BCUT2D eigenvalue weighted by atomic mass is 16.2. The first-order valence-corrected chi connectivity index (χ1v) is 4.74. The molecule has 5 nitrogen and oxygen atoms in total. The van der Waals surface area contributed by atoms with E-state index in [4.69, 9.17) is 5.73 Å². The Kier molecular flexibility index (Phi) is 2.64. The molecule has 15 heavy (non-hydrogen) atoms. The van der Waals surface area contributed by atoms with Crippen LogP contribution in [0, 0.1) is 0 Å². The molecule has 0 aliphatic heterocycles. The van der Waals surface area contributed by atoms with Gasteiger partial charge in [0, 0.05) is 13.1 Å². The second-order valence-electron chi connectivity index (χ2n) is 3.15. The molecule has 0 radical (unpaired) electrons. The number of para-hydroxylation sites is 2. The van der Waals surface area contributed by atoms with Crippen LogP contribution in [-0.2, 0) is 0 Å². The lowest BCUT2D eigenvalue weighted by molar-refractivity contribution is 0.0945. The standard InChI is InChI=1S/C10H12N4O/c11-5-6-12-10(15)9-13-7-3-1-2-4-8(7)14-9/h1-4H,5-6,11H2,(H,12,15)(H,13,14). The number of carbonyl (C=O) groups is 1. The number of imidazole rings is 1. The van der Waals surface area contributed by atoms with Crippen LogP contribution in [-0.4, -0.2) is 29.0 Å². The molecule has 0 atom stereocenters. The third-order valence-electron chi connectivity index (χ3n) is 2.03. The van der Waals surface area contributed by atoms with Crippen molar-refractivity contribution in [3.05, 3.63) is 30.1 Å². The van der Waals surface area contributed by atoms with E-state index in [1.807, 2.05) is 24.3 Å². The first-order valence-electron chi connectivity index (χ1n) is 4.74. The number of hydrogen-bond donors (Lipinski definition) is 3. The highest BCUT2D eigenvalue weighted by molar-refractivity contribution is 5.94. The first kappa shape index (κ1) is 9.67. The van der Waals surface area contributed by atoms with Crippen LogP contribution >= 0.6 is 0 Å². The maximum absolute atomic E-state index is 11.5. The van der Waals surface area contributed by atoms with Crippen LogP contribution in [0.3, 0.4) is 0 Å². The molecule has 0 fully saturated rings. The van der Waals surface area contributed by atoms with Crippen molar-refractivity contribution in [1.82, 2.24) is 15.3 Å². The van der Waals surface area contributed by atoms with Crippen LogP contribution in [0.2, 0.25) is 0 Å². The summed E-state index contributed by atoms with van der Waals surface area (Å²) in [5.41, 5.74) is 6.93. The van der Waals surface area contributed by atoms with E-state index in [0.717, 1.165) is 11.0 Å². The van der Waals surface area contributed by atoms with Crippen molar-refractivity contribution in [3.8, 4) is 0 Å². The van der Waals surface area contributed by atoms with E-state index in [1.54, 1.807) is 0 Å². The fraction of sp³-hybridized carbons (Fsp3) is 0.200. The number of fused-ring (bicyclic) bond motifs is 1. The molecule has 0 aliphatic rings. The third-order valence-corrected chi connectivity index (χ3v) is 2.03. The highest BCUT2D eigenvalue weighted by Gasteiger charge is 2.09. The van der Waals surface area contributed by atoms with Crippen molar-refractivity contribution < 1.29 is 4.79 Å². The van der Waals surface area contributed by atoms with Gasteiger partial charge in [-0.15, -0.1) is 0 Å². The molecule has 1 aromatic carbocycles. The van der Waals surface area contributed by atoms with Gasteiger partial charge in [-0.25, -0.2) is 4.98 Å². The van der Waals surface area contributed by atoms with E-state index >= 15 is 0 Å². The topological polar surface area (TPSA) is 83.8 Å². The summed E-state index contributed by atoms with van der Waals surface area (Å²) in [6, 6.07) is 7.50. The van der Waals surface area contributed by atoms with Crippen LogP contribution in [0.15, 0.2) is 24.3 Å². The number of rotatable bonds is 3. The fourth-order valence-corrected chi connectivity index (χ4v) is 1.33. The molecule has 2 rings (SSSR count). The van der Waals surface area contributed by atoms with Crippen LogP contribution in [0.25, 0.3) is 11.0 Å². The van der Waals surface area contributed by atoms with Crippen molar-refractivity contribution in [1.29, 1.82) is 0 Å². The number of nitrogens with one attached hydrogen (secondary N) is 2. The summed E-state index contributed by atoms with van der Waals surface area (Å²) in [5.74, 6) is 0.0984. The van der Waals surface area contributed by atoms with E-state index in [1.165, 1.54) is 0 Å². The molecule has 1 aromatic heterocycles. The minimum atomic E-state index is -0.225. The number of aromatic amines is 1. The predicted molar refractivity (Wildman–Crippen MR) is 57.5 cm³/mol. The van der Waals surface area contributed by atoms with Gasteiger partial charge in [-0.1, -0.05) is 12.1 Å². The Labute approximate surface area is 86.7 Å². The third kappa shape index (κ3) is 1.97. The fourth-order valence-electron chi connectivity index (χ4n) is 1.33. The van der Waals surface area contributed by atoms with Crippen molar-refractivity contribution in [2.45, 2.75) is 0 Å². The van der Waals surface area contributed by atoms with Gasteiger partial charge in [0.15, 0.2) is 5.82 Å². The molecule has 0 unspecified atom stereocenters. The van der Waals surface area contributed by atoms with Crippen molar-refractivity contribution in [2.24, 2.45) is 5.73 Å². The summed E-state index contributed by atoms with van der Waals surface area (Å²) >= 11 is 0. The van der Waals surface area contributed by atoms with E-state index in [0.29, 0.717) is 18.9 Å². The number of H-pyrrole nitrogens is 1. The summed E-state index contributed by atoms with van der Waals surface area (Å²) in [4.78, 5) is 18.6. The van der Waals surface area contributed by atoms with Crippen LogP contribution in [0.1, 0.15) is 10.6 Å². The zero-order valence-electron chi connectivity index (χ0n) is 8.16. The number of hydrogen-bond acceptors (Lipinski definition) is 3. The summed E-state index contributed by atoms with van der Waals surface area (Å²) in [7, 11) is 0. The van der Waals surface area contributed by atoms with Gasteiger partial charge in [-0.05, 0) is 12.1 Å². The average Bonchev–Trinajstić information content (AvgIpc) is 2.69. The van der Waals surface area contributed by atoms with Gasteiger partial charge in [0.1, 0.15) is 0 Å². The molecular weight excluding hydrogens is 192 g/mol. The predicted octanol–water partition coefficient (Wildman–Crippen LogP) is 0.251. The van der Waals surface area contributed by atoms with Gasteiger partial charge in [0.05, 0.1) is 11.0 Å². The molecule has 1 amide bonds. The Bertz CT molecular complexity index is 444. The maximum atomic E-state index is 11.5. The number of benzene rings is 1. The van der Waals surface area contributed by atoms with E-state index < -0.39 is 0 Å². The Morgan fingerprint density at radius 3 is 3.00 bits per heavy atom. The molecule has 0 bridgehead atoms. The maximum Gasteiger partial charge on any atom is 0.287 e. The normalized spacial score (nSPS) is 10.5. The molecule has 0 aliphatic carbocycles. The number of aromatic nitrogens is 2. The molecule has 4 N–H and O–H groups in total. The van der Waals surface area contributed by atoms with Crippen molar-refractivity contribution in [2.75, 3.05) is 13.1 Å². The number of nitrogens with two attached hydrogens (primary N) is 1. The van der Waals surface area contributed by atoms with Crippen LogP contribution < -0.4 is 11.1 Å². The number of carbonyl (C=O) groups excluding carboxylic acids is 1. The number of amides is 1. The van der Waals surface area contributed by atoms with E-state index in [-0.39, 0.29) is 5.91 Å². The average molecular weight is 204 g/mol. The van der Waals surface area contributed by atoms with Gasteiger partial charge < -0.3 is 16.0 Å². The second kappa shape index (κ2) is 4.10. The Hall–Kier alpha value is -1.88. The molecule has 78 valence electrons. The van der Waals surface area contributed by atoms with Crippen molar-refractivity contribution >= 4 is 16.9 Å². The molecule has 5 heteroatoms. The summed E-state index contributed by atoms with van der Waals surface area (Å²) in [5, 5.41) is 2.65. The highest BCUT2D eigenvalue weighted by Crippen LogP contribution is 2.09. The molecule has 1 heterocycles. The summed E-state index contributed by atoms with van der Waals surface area (Å²) in [6.45, 7) is 0.877. The van der Waals surface area contributed by atoms with Gasteiger partial charge in [-0.3, -0.25) is 4.79 Å². The lowest BCUT2D eigenvalue weighted by Gasteiger charge is -1.98. The molecule has 2 aromatic rings. The molecule has 0 saturated heterocycles. The Morgan fingerprint density at radius 2 is 2.27 bits per heavy atom. The van der Waals surface area contributed by atoms with Crippen LogP contribution in [0.5, 0.6) is 0 Å².